The Morgan fingerprint density at radius 2 is 2.05 bits per heavy atom. The molecule has 0 bridgehead atoms. The van der Waals surface area contributed by atoms with E-state index in [0.717, 1.165) is 6.42 Å². The van der Waals surface area contributed by atoms with E-state index in [1.54, 1.807) is 20.0 Å². The lowest BCUT2D eigenvalue weighted by Crippen LogP contribution is -2.38. The summed E-state index contributed by atoms with van der Waals surface area (Å²) in [5.41, 5.74) is 0. The van der Waals surface area contributed by atoms with Crippen molar-refractivity contribution in [2.75, 3.05) is 13.6 Å². The van der Waals surface area contributed by atoms with Gasteiger partial charge in [0.15, 0.2) is 0 Å². The van der Waals surface area contributed by atoms with E-state index < -0.39 is 10.0 Å². The first-order valence-corrected chi connectivity index (χ1v) is 8.08. The predicted molar refractivity (Wildman–Crippen MR) is 75.5 cm³/mol. The maximum atomic E-state index is 12.6. The van der Waals surface area contributed by atoms with Gasteiger partial charge in [-0.05, 0) is 27.3 Å². The van der Waals surface area contributed by atoms with Crippen molar-refractivity contribution in [1.29, 1.82) is 0 Å². The Balaban J connectivity index is 3.18. The van der Waals surface area contributed by atoms with Gasteiger partial charge < -0.3 is 9.73 Å². The summed E-state index contributed by atoms with van der Waals surface area (Å²) in [6, 6.07) is 1.60. The zero-order chi connectivity index (χ0) is 14.6. The Kier molecular flexibility index (Phi) is 5.58. The van der Waals surface area contributed by atoms with Crippen LogP contribution >= 0.6 is 0 Å². The van der Waals surface area contributed by atoms with E-state index in [0.29, 0.717) is 24.6 Å². The van der Waals surface area contributed by atoms with Gasteiger partial charge in [-0.15, -0.1) is 0 Å². The van der Waals surface area contributed by atoms with Crippen LogP contribution in [-0.2, 0) is 16.6 Å². The molecule has 110 valence electrons. The molecule has 1 atom stereocenters. The third kappa shape index (κ3) is 3.38. The van der Waals surface area contributed by atoms with Gasteiger partial charge in [-0.25, -0.2) is 8.42 Å². The smallest absolute Gasteiger partial charge is 0.246 e. The third-order valence-corrected chi connectivity index (χ3v) is 5.45. The molecular formula is C13H24N2O3S. The molecule has 0 aliphatic heterocycles. The Bertz CT molecular complexity index is 508. The minimum Gasteiger partial charge on any atom is -0.464 e. The lowest BCUT2D eigenvalue weighted by atomic mass is 10.3. The van der Waals surface area contributed by atoms with Gasteiger partial charge in [-0.3, -0.25) is 0 Å². The SMILES string of the molecule is CCC(C)N(CC)S(=O)(=O)c1cc(CNC)oc1C. The highest BCUT2D eigenvalue weighted by atomic mass is 32.2. The largest absolute Gasteiger partial charge is 0.464 e. The average molecular weight is 288 g/mol. The van der Waals surface area contributed by atoms with Gasteiger partial charge in [0.1, 0.15) is 16.4 Å². The van der Waals surface area contributed by atoms with Crippen LogP contribution in [0.25, 0.3) is 0 Å². The molecule has 1 N–H and O–H groups in total. The zero-order valence-electron chi connectivity index (χ0n) is 12.4. The molecule has 5 nitrogen and oxygen atoms in total. The van der Waals surface area contributed by atoms with Crippen molar-refractivity contribution in [3.05, 3.63) is 17.6 Å². The van der Waals surface area contributed by atoms with E-state index in [4.69, 9.17) is 4.42 Å². The summed E-state index contributed by atoms with van der Waals surface area (Å²) in [5.74, 6) is 1.09. The van der Waals surface area contributed by atoms with Crippen LogP contribution in [0, 0.1) is 6.92 Å². The molecule has 1 aromatic rings. The number of nitrogens with zero attached hydrogens (tertiary/aromatic N) is 1. The average Bonchev–Trinajstić information content (AvgIpc) is 2.71. The fourth-order valence-corrected chi connectivity index (χ4v) is 3.99. The standard InChI is InChI=1S/C13H24N2O3S/c1-6-10(3)15(7-2)19(16,17)13-8-12(9-14-5)18-11(13)4/h8,10,14H,6-7,9H2,1-5H3. The summed E-state index contributed by atoms with van der Waals surface area (Å²) >= 11 is 0. The van der Waals surface area contributed by atoms with E-state index in [2.05, 4.69) is 5.32 Å². The predicted octanol–water partition coefficient (Wildman–Crippen LogP) is 2.12. The Morgan fingerprint density at radius 1 is 1.42 bits per heavy atom. The molecular weight excluding hydrogens is 264 g/mol. The molecule has 0 aliphatic rings. The fraction of sp³-hybridized carbons (Fsp3) is 0.692. The quantitative estimate of drug-likeness (QED) is 0.835. The van der Waals surface area contributed by atoms with E-state index in [1.165, 1.54) is 4.31 Å². The summed E-state index contributed by atoms with van der Waals surface area (Å²) in [5, 5.41) is 2.95. The maximum absolute atomic E-state index is 12.6. The molecule has 1 unspecified atom stereocenters. The van der Waals surface area contributed by atoms with Crippen molar-refractivity contribution >= 4 is 10.0 Å². The second-order valence-electron chi connectivity index (χ2n) is 4.63. The van der Waals surface area contributed by atoms with Crippen LogP contribution in [0.4, 0.5) is 0 Å². The molecule has 0 aliphatic carbocycles. The van der Waals surface area contributed by atoms with E-state index in [9.17, 15) is 8.42 Å². The summed E-state index contributed by atoms with van der Waals surface area (Å²) in [4.78, 5) is 0.278. The summed E-state index contributed by atoms with van der Waals surface area (Å²) in [6.07, 6.45) is 0.785. The van der Waals surface area contributed by atoms with Crippen molar-refractivity contribution in [1.82, 2.24) is 9.62 Å². The Labute approximate surface area is 116 Å². The second kappa shape index (κ2) is 6.54. The molecule has 0 amide bonds. The number of rotatable bonds is 7. The molecule has 1 rings (SSSR count). The highest BCUT2D eigenvalue weighted by molar-refractivity contribution is 7.89. The van der Waals surface area contributed by atoms with Gasteiger partial charge in [0.25, 0.3) is 0 Å². The second-order valence-corrected chi connectivity index (χ2v) is 6.49. The first-order valence-electron chi connectivity index (χ1n) is 6.64. The van der Waals surface area contributed by atoms with Crippen LogP contribution in [0.3, 0.4) is 0 Å². The van der Waals surface area contributed by atoms with Gasteiger partial charge in [0.05, 0.1) is 6.54 Å². The van der Waals surface area contributed by atoms with Crippen molar-refractivity contribution in [3.8, 4) is 0 Å². The number of furan rings is 1. The fourth-order valence-electron chi connectivity index (χ4n) is 2.09. The van der Waals surface area contributed by atoms with E-state index >= 15 is 0 Å². The highest BCUT2D eigenvalue weighted by Crippen LogP contribution is 2.25. The normalized spacial score (nSPS) is 14.0. The Hall–Kier alpha value is -0.850. The highest BCUT2D eigenvalue weighted by Gasteiger charge is 2.30. The molecule has 0 aromatic carbocycles. The zero-order valence-corrected chi connectivity index (χ0v) is 13.2. The van der Waals surface area contributed by atoms with Gasteiger partial charge in [0.2, 0.25) is 10.0 Å². The van der Waals surface area contributed by atoms with Crippen LogP contribution in [-0.4, -0.2) is 32.4 Å². The van der Waals surface area contributed by atoms with Gasteiger partial charge in [0, 0.05) is 18.7 Å². The summed E-state index contributed by atoms with van der Waals surface area (Å²) in [7, 11) is -1.68. The van der Waals surface area contributed by atoms with Gasteiger partial charge in [-0.1, -0.05) is 13.8 Å². The number of nitrogens with one attached hydrogen (secondary N) is 1. The van der Waals surface area contributed by atoms with E-state index in [1.807, 2.05) is 20.8 Å². The lowest BCUT2D eigenvalue weighted by Gasteiger charge is -2.25. The molecule has 0 saturated heterocycles. The molecule has 6 heteroatoms. The van der Waals surface area contributed by atoms with Crippen LogP contribution < -0.4 is 5.32 Å². The molecule has 0 radical (unpaired) electrons. The maximum Gasteiger partial charge on any atom is 0.246 e. The topological polar surface area (TPSA) is 62.6 Å². The molecule has 19 heavy (non-hydrogen) atoms. The Morgan fingerprint density at radius 3 is 2.53 bits per heavy atom. The minimum atomic E-state index is -3.48. The van der Waals surface area contributed by atoms with Gasteiger partial charge in [-0.2, -0.15) is 4.31 Å². The number of sulfonamides is 1. The number of aryl methyl sites for hydroxylation is 1. The molecule has 1 aromatic heterocycles. The first-order chi connectivity index (χ1) is 8.88. The molecule has 0 spiro atoms. The minimum absolute atomic E-state index is 0.0166. The van der Waals surface area contributed by atoms with Crippen molar-refractivity contribution in [2.24, 2.45) is 0 Å². The molecule has 0 saturated carbocycles. The van der Waals surface area contributed by atoms with Crippen LogP contribution in [0.15, 0.2) is 15.4 Å². The first kappa shape index (κ1) is 16.2. The third-order valence-electron chi connectivity index (χ3n) is 3.26. The number of hydrogen-bond acceptors (Lipinski definition) is 4. The van der Waals surface area contributed by atoms with Crippen molar-refractivity contribution in [2.45, 2.75) is 51.6 Å². The van der Waals surface area contributed by atoms with Gasteiger partial charge >= 0.3 is 0 Å². The summed E-state index contributed by atoms with van der Waals surface area (Å²) in [6.45, 7) is 8.43. The number of hydrogen-bond donors (Lipinski definition) is 1. The van der Waals surface area contributed by atoms with E-state index in [-0.39, 0.29) is 10.9 Å². The molecule has 1 heterocycles. The van der Waals surface area contributed by atoms with Crippen LogP contribution in [0.2, 0.25) is 0 Å². The van der Waals surface area contributed by atoms with Crippen LogP contribution in [0.5, 0.6) is 0 Å². The van der Waals surface area contributed by atoms with Crippen molar-refractivity contribution in [3.63, 3.8) is 0 Å². The summed E-state index contributed by atoms with van der Waals surface area (Å²) < 4.78 is 32.3. The van der Waals surface area contributed by atoms with Crippen LogP contribution in [0.1, 0.15) is 38.7 Å². The lowest BCUT2D eigenvalue weighted by molar-refractivity contribution is 0.341. The van der Waals surface area contributed by atoms with Crippen molar-refractivity contribution < 1.29 is 12.8 Å². The monoisotopic (exact) mass is 288 g/mol. The molecule has 0 fully saturated rings.